The monoisotopic (exact) mass is 388 g/mol. The van der Waals surface area contributed by atoms with Gasteiger partial charge in [0.05, 0.1) is 15.6 Å². The van der Waals surface area contributed by atoms with Crippen molar-refractivity contribution in [1.29, 1.82) is 0 Å². The highest BCUT2D eigenvalue weighted by Gasteiger charge is 2.46. The summed E-state index contributed by atoms with van der Waals surface area (Å²) in [5.41, 5.74) is -0.528. The van der Waals surface area contributed by atoms with Crippen LogP contribution in [0.5, 0.6) is 0 Å². The lowest BCUT2D eigenvalue weighted by molar-refractivity contribution is 0.0785. The van der Waals surface area contributed by atoms with Crippen molar-refractivity contribution < 1.29 is 18.7 Å². The van der Waals surface area contributed by atoms with Gasteiger partial charge in [0.25, 0.3) is 5.91 Å². The summed E-state index contributed by atoms with van der Waals surface area (Å²) in [6.45, 7) is 1.08. The Labute approximate surface area is 150 Å². The number of cyclic esters (lactones) is 1. The van der Waals surface area contributed by atoms with E-state index in [1.54, 1.807) is 4.90 Å². The standard InChI is InChI=1S/C15H11Cl2FN2O3S/c16-8-3-7(18)4-9-10(8)11(17)12(24-9)13(21)20-2-1-15(5-20)6-23-14(22)19-15/h3-4H,1-2,5-6H2,(H,19,22). The number of hydrogen-bond acceptors (Lipinski definition) is 4. The van der Waals surface area contributed by atoms with E-state index in [1.165, 1.54) is 12.1 Å². The topological polar surface area (TPSA) is 58.6 Å². The second-order valence-electron chi connectivity index (χ2n) is 5.96. The van der Waals surface area contributed by atoms with Gasteiger partial charge in [-0.1, -0.05) is 23.2 Å². The zero-order valence-electron chi connectivity index (χ0n) is 12.2. The largest absolute Gasteiger partial charge is 0.447 e. The molecule has 2 saturated heterocycles. The number of amides is 2. The number of nitrogens with zero attached hydrogens (tertiary/aromatic N) is 1. The van der Waals surface area contributed by atoms with Gasteiger partial charge in [-0.05, 0) is 18.6 Å². The molecule has 0 saturated carbocycles. The van der Waals surface area contributed by atoms with Crippen LogP contribution in [-0.2, 0) is 4.74 Å². The predicted molar refractivity (Wildman–Crippen MR) is 89.5 cm³/mol. The van der Waals surface area contributed by atoms with E-state index in [1.807, 2.05) is 0 Å². The predicted octanol–water partition coefficient (Wildman–Crippen LogP) is 3.67. The molecule has 1 unspecified atom stereocenters. The first kappa shape index (κ1) is 15.9. The molecule has 1 spiro atoms. The maximum absolute atomic E-state index is 13.5. The zero-order chi connectivity index (χ0) is 17.1. The van der Waals surface area contributed by atoms with Gasteiger partial charge in [-0.15, -0.1) is 11.3 Å². The quantitative estimate of drug-likeness (QED) is 0.810. The minimum absolute atomic E-state index is 0.180. The molecule has 0 radical (unpaired) electrons. The number of rotatable bonds is 1. The lowest BCUT2D eigenvalue weighted by atomic mass is 10.0. The summed E-state index contributed by atoms with van der Waals surface area (Å²) in [5.74, 6) is -0.731. The molecule has 1 atom stereocenters. The third-order valence-corrected chi connectivity index (χ3v) is 6.24. The van der Waals surface area contributed by atoms with Crippen LogP contribution < -0.4 is 5.32 Å². The summed E-state index contributed by atoms with van der Waals surface area (Å²) in [7, 11) is 0. The van der Waals surface area contributed by atoms with Crippen molar-refractivity contribution in [2.24, 2.45) is 0 Å². The molecule has 1 N–H and O–H groups in total. The van der Waals surface area contributed by atoms with Gasteiger partial charge in [0.1, 0.15) is 17.3 Å². The van der Waals surface area contributed by atoms with Crippen molar-refractivity contribution in [2.75, 3.05) is 19.7 Å². The Hall–Kier alpha value is -1.57. The number of benzene rings is 1. The molecular formula is C15H11Cl2FN2O3S. The van der Waals surface area contributed by atoms with Gasteiger partial charge in [0.2, 0.25) is 0 Å². The molecule has 126 valence electrons. The third kappa shape index (κ3) is 2.42. The van der Waals surface area contributed by atoms with Gasteiger partial charge < -0.3 is 15.0 Å². The fourth-order valence-electron chi connectivity index (χ4n) is 3.15. The van der Waals surface area contributed by atoms with E-state index in [-0.39, 0.29) is 22.6 Å². The summed E-state index contributed by atoms with van der Waals surface area (Å²) in [6, 6.07) is 2.48. The molecule has 5 nitrogen and oxygen atoms in total. The highest BCUT2D eigenvalue weighted by atomic mass is 35.5. The normalized spacial score (nSPS) is 23.1. The number of nitrogens with one attached hydrogen (secondary N) is 1. The van der Waals surface area contributed by atoms with Crippen LogP contribution in [0.3, 0.4) is 0 Å². The van der Waals surface area contributed by atoms with Gasteiger partial charge in [0, 0.05) is 23.2 Å². The van der Waals surface area contributed by atoms with E-state index >= 15 is 0 Å². The maximum atomic E-state index is 13.5. The highest BCUT2D eigenvalue weighted by molar-refractivity contribution is 7.21. The van der Waals surface area contributed by atoms with Crippen molar-refractivity contribution in [1.82, 2.24) is 10.2 Å². The first-order chi connectivity index (χ1) is 11.4. The molecule has 1 aromatic heterocycles. The number of thiophene rings is 1. The SMILES string of the molecule is O=C1NC2(CCN(C(=O)c3sc4cc(F)cc(Cl)c4c3Cl)C2)CO1. The summed E-state index contributed by atoms with van der Waals surface area (Å²) in [5, 5.41) is 3.67. The molecule has 2 aliphatic heterocycles. The van der Waals surface area contributed by atoms with Crippen LogP contribution >= 0.6 is 34.5 Å². The minimum Gasteiger partial charge on any atom is -0.447 e. The molecule has 24 heavy (non-hydrogen) atoms. The van der Waals surface area contributed by atoms with Gasteiger partial charge in [-0.25, -0.2) is 9.18 Å². The average Bonchev–Trinajstić information content (AvgIpc) is 3.18. The molecule has 3 heterocycles. The van der Waals surface area contributed by atoms with Crippen molar-refractivity contribution in [2.45, 2.75) is 12.0 Å². The molecule has 0 aliphatic carbocycles. The molecule has 2 aliphatic rings. The van der Waals surface area contributed by atoms with Gasteiger partial charge in [-0.2, -0.15) is 0 Å². The Balaban J connectivity index is 1.66. The van der Waals surface area contributed by atoms with Crippen molar-refractivity contribution in [3.8, 4) is 0 Å². The van der Waals surface area contributed by atoms with Gasteiger partial charge >= 0.3 is 6.09 Å². The van der Waals surface area contributed by atoms with Crippen LogP contribution in [0, 0.1) is 5.82 Å². The Kier molecular flexibility index (Phi) is 3.63. The Morgan fingerprint density at radius 1 is 1.42 bits per heavy atom. The molecule has 2 amide bonds. The van der Waals surface area contributed by atoms with Crippen molar-refractivity contribution >= 4 is 56.6 Å². The number of alkyl carbamates (subject to hydrolysis) is 1. The molecule has 0 bridgehead atoms. The molecule has 2 fully saturated rings. The van der Waals surface area contributed by atoms with Crippen LogP contribution in [0.25, 0.3) is 10.1 Å². The summed E-state index contributed by atoms with van der Waals surface area (Å²) < 4.78 is 19.0. The van der Waals surface area contributed by atoms with Crippen LogP contribution in [0.2, 0.25) is 10.0 Å². The zero-order valence-corrected chi connectivity index (χ0v) is 14.5. The Morgan fingerprint density at radius 2 is 2.21 bits per heavy atom. The van der Waals surface area contributed by atoms with E-state index in [0.717, 1.165) is 11.3 Å². The molecule has 4 rings (SSSR count). The van der Waals surface area contributed by atoms with Crippen LogP contribution in [0.1, 0.15) is 16.1 Å². The lowest BCUT2D eigenvalue weighted by Crippen LogP contribution is -2.46. The van der Waals surface area contributed by atoms with Crippen molar-refractivity contribution in [3.63, 3.8) is 0 Å². The van der Waals surface area contributed by atoms with E-state index in [0.29, 0.717) is 34.5 Å². The Bertz CT molecular complexity index is 887. The van der Waals surface area contributed by atoms with Gasteiger partial charge in [-0.3, -0.25) is 4.79 Å². The molecule has 9 heteroatoms. The maximum Gasteiger partial charge on any atom is 0.407 e. The molecule has 2 aromatic rings. The van der Waals surface area contributed by atoms with E-state index in [2.05, 4.69) is 5.32 Å². The summed E-state index contributed by atoms with van der Waals surface area (Å²) in [6.07, 6.45) is 0.147. The number of hydrogen-bond donors (Lipinski definition) is 1. The number of fused-ring (bicyclic) bond motifs is 1. The number of likely N-dealkylation sites (tertiary alicyclic amines) is 1. The first-order valence-electron chi connectivity index (χ1n) is 7.20. The summed E-state index contributed by atoms with van der Waals surface area (Å²) in [4.78, 5) is 26.0. The van der Waals surface area contributed by atoms with E-state index in [4.69, 9.17) is 27.9 Å². The third-order valence-electron chi connectivity index (χ3n) is 4.33. The fraction of sp³-hybridized carbons (Fsp3) is 0.333. The van der Waals surface area contributed by atoms with Crippen LogP contribution in [0.4, 0.5) is 9.18 Å². The average molecular weight is 389 g/mol. The summed E-state index contributed by atoms with van der Waals surface area (Å²) >= 11 is 13.5. The number of carbonyl (C=O) groups is 2. The smallest absolute Gasteiger partial charge is 0.407 e. The number of carbonyl (C=O) groups excluding carboxylic acids is 2. The molecule has 1 aromatic carbocycles. The highest BCUT2D eigenvalue weighted by Crippen LogP contribution is 2.41. The van der Waals surface area contributed by atoms with E-state index in [9.17, 15) is 14.0 Å². The number of halogens is 3. The van der Waals surface area contributed by atoms with Crippen LogP contribution in [-0.4, -0.2) is 42.1 Å². The molecular weight excluding hydrogens is 378 g/mol. The van der Waals surface area contributed by atoms with Crippen molar-refractivity contribution in [3.05, 3.63) is 32.9 Å². The first-order valence-corrected chi connectivity index (χ1v) is 8.77. The Morgan fingerprint density at radius 3 is 2.92 bits per heavy atom. The van der Waals surface area contributed by atoms with Crippen LogP contribution in [0.15, 0.2) is 12.1 Å². The fourth-order valence-corrected chi connectivity index (χ4v) is 5.13. The second kappa shape index (κ2) is 5.47. The van der Waals surface area contributed by atoms with Gasteiger partial charge in [0.15, 0.2) is 0 Å². The minimum atomic E-state index is -0.528. The van der Waals surface area contributed by atoms with E-state index < -0.39 is 17.4 Å². The second-order valence-corrected chi connectivity index (χ2v) is 7.80. The lowest BCUT2D eigenvalue weighted by Gasteiger charge is -2.21. The number of ether oxygens (including phenoxy) is 1.